The average Bonchev–Trinajstić information content (AvgIpc) is 2.32. The van der Waals surface area contributed by atoms with Crippen LogP contribution in [0.25, 0.3) is 0 Å². The number of unbranched alkanes of at least 4 members (excludes halogenated alkanes) is 1. The predicted octanol–water partition coefficient (Wildman–Crippen LogP) is 3.72. The first kappa shape index (κ1) is 15.6. The third-order valence-electron chi connectivity index (χ3n) is 2.80. The molecule has 0 aliphatic carbocycles. The van der Waals surface area contributed by atoms with Crippen LogP contribution in [0.15, 0.2) is 12.1 Å². The zero-order valence-corrected chi connectivity index (χ0v) is 12.6. The topological polar surface area (TPSA) is 72.2 Å². The summed E-state index contributed by atoms with van der Waals surface area (Å²) in [6.07, 6.45) is 2.15. The maximum absolute atomic E-state index is 11.7. The Morgan fingerprint density at radius 2 is 2.00 bits per heavy atom. The summed E-state index contributed by atoms with van der Waals surface area (Å²) in [5.74, 6) is -0.109. The van der Waals surface area contributed by atoms with Gasteiger partial charge in [0.2, 0.25) is 5.91 Å². The van der Waals surface area contributed by atoms with Gasteiger partial charge in [-0.25, -0.2) is 0 Å². The maximum atomic E-state index is 11.7. The molecule has 104 valence electrons. The van der Waals surface area contributed by atoms with E-state index in [9.17, 15) is 14.9 Å². The molecule has 6 heteroatoms. The number of rotatable bonds is 6. The fraction of sp³-hybridized carbons (Fsp3) is 0.462. The quantitative estimate of drug-likeness (QED) is 0.374. The highest BCUT2D eigenvalue weighted by Gasteiger charge is 2.14. The molecule has 0 aliphatic heterocycles. The Balaban J connectivity index is 2.80. The van der Waals surface area contributed by atoms with Crippen LogP contribution in [0.5, 0.6) is 0 Å². The molecular weight excluding hydrogens is 312 g/mol. The largest absolute Gasteiger partial charge is 0.326 e. The van der Waals surface area contributed by atoms with E-state index in [2.05, 4.69) is 21.2 Å². The molecule has 0 saturated carbocycles. The zero-order valence-electron chi connectivity index (χ0n) is 11.0. The molecule has 1 aromatic carbocycles. The number of hydrogen-bond donors (Lipinski definition) is 1. The molecule has 0 unspecified atom stereocenters. The SMILES string of the molecule is Cc1cc(C)c([N+](=O)[O-])cc1NC(=O)CCCCBr. The molecule has 1 rings (SSSR count). The lowest BCUT2D eigenvalue weighted by atomic mass is 10.1. The minimum absolute atomic E-state index is 0.0290. The van der Waals surface area contributed by atoms with Crippen LogP contribution in [-0.2, 0) is 4.79 Å². The first-order valence-electron chi connectivity index (χ1n) is 6.07. The Kier molecular flexibility index (Phi) is 5.95. The Morgan fingerprint density at radius 3 is 2.58 bits per heavy atom. The van der Waals surface area contributed by atoms with E-state index in [0.29, 0.717) is 17.7 Å². The number of nitro groups is 1. The van der Waals surface area contributed by atoms with E-state index in [4.69, 9.17) is 0 Å². The second-order valence-corrected chi connectivity index (χ2v) is 5.20. The van der Waals surface area contributed by atoms with Gasteiger partial charge in [0.25, 0.3) is 5.69 Å². The van der Waals surface area contributed by atoms with Gasteiger partial charge in [-0.1, -0.05) is 15.9 Å². The van der Waals surface area contributed by atoms with E-state index >= 15 is 0 Å². The number of carbonyl (C=O) groups is 1. The predicted molar refractivity (Wildman–Crippen MR) is 78.8 cm³/mol. The van der Waals surface area contributed by atoms with Crippen molar-refractivity contribution in [1.29, 1.82) is 0 Å². The van der Waals surface area contributed by atoms with Gasteiger partial charge in [0, 0.05) is 23.4 Å². The summed E-state index contributed by atoms with van der Waals surface area (Å²) < 4.78 is 0. The first-order valence-corrected chi connectivity index (χ1v) is 7.19. The molecule has 1 N–H and O–H groups in total. The molecular formula is C13H17BrN2O3. The van der Waals surface area contributed by atoms with Crippen LogP contribution < -0.4 is 5.32 Å². The average molecular weight is 329 g/mol. The van der Waals surface area contributed by atoms with Crippen LogP contribution in [0.4, 0.5) is 11.4 Å². The van der Waals surface area contributed by atoms with E-state index < -0.39 is 4.92 Å². The normalized spacial score (nSPS) is 10.3. The van der Waals surface area contributed by atoms with Gasteiger partial charge in [-0.3, -0.25) is 14.9 Å². The van der Waals surface area contributed by atoms with E-state index in [-0.39, 0.29) is 11.6 Å². The lowest BCUT2D eigenvalue weighted by molar-refractivity contribution is -0.385. The summed E-state index contributed by atoms with van der Waals surface area (Å²) in [5, 5.41) is 14.5. The zero-order chi connectivity index (χ0) is 14.4. The van der Waals surface area contributed by atoms with Crippen molar-refractivity contribution in [2.45, 2.75) is 33.1 Å². The van der Waals surface area contributed by atoms with Crippen LogP contribution in [-0.4, -0.2) is 16.2 Å². The van der Waals surface area contributed by atoms with Crippen molar-refractivity contribution in [2.75, 3.05) is 10.6 Å². The van der Waals surface area contributed by atoms with Crippen molar-refractivity contribution in [3.63, 3.8) is 0 Å². The van der Waals surface area contributed by atoms with Gasteiger partial charge in [0.1, 0.15) is 0 Å². The van der Waals surface area contributed by atoms with E-state index in [1.54, 1.807) is 13.0 Å². The van der Waals surface area contributed by atoms with Gasteiger partial charge in [-0.05, 0) is 38.3 Å². The molecule has 0 saturated heterocycles. The maximum Gasteiger partial charge on any atom is 0.274 e. The van der Waals surface area contributed by atoms with Crippen LogP contribution >= 0.6 is 15.9 Å². The highest BCUT2D eigenvalue weighted by atomic mass is 79.9. The van der Waals surface area contributed by atoms with Crippen LogP contribution in [0.3, 0.4) is 0 Å². The Labute approximate surface area is 120 Å². The first-order chi connectivity index (χ1) is 8.95. The summed E-state index contributed by atoms with van der Waals surface area (Å²) >= 11 is 3.30. The number of hydrogen-bond acceptors (Lipinski definition) is 3. The van der Waals surface area contributed by atoms with Crippen molar-refractivity contribution in [3.8, 4) is 0 Å². The van der Waals surface area contributed by atoms with Crippen LogP contribution in [0.1, 0.15) is 30.4 Å². The molecule has 0 heterocycles. The minimum atomic E-state index is -0.435. The number of alkyl halides is 1. The summed E-state index contributed by atoms with van der Waals surface area (Å²) in [6.45, 7) is 3.51. The number of aryl methyl sites for hydroxylation is 2. The third-order valence-corrected chi connectivity index (χ3v) is 3.36. The van der Waals surface area contributed by atoms with Gasteiger partial charge in [-0.2, -0.15) is 0 Å². The Hall–Kier alpha value is -1.43. The summed E-state index contributed by atoms with van der Waals surface area (Å²) in [5.41, 5.74) is 1.97. The molecule has 0 aromatic heterocycles. The molecule has 19 heavy (non-hydrogen) atoms. The highest BCUT2D eigenvalue weighted by molar-refractivity contribution is 9.09. The number of nitrogens with zero attached hydrogens (tertiary/aromatic N) is 1. The van der Waals surface area contributed by atoms with Gasteiger partial charge >= 0.3 is 0 Å². The highest BCUT2D eigenvalue weighted by Crippen LogP contribution is 2.26. The van der Waals surface area contributed by atoms with Crippen molar-refractivity contribution in [2.24, 2.45) is 0 Å². The minimum Gasteiger partial charge on any atom is -0.326 e. The second kappa shape index (κ2) is 7.23. The van der Waals surface area contributed by atoms with E-state index in [0.717, 1.165) is 23.7 Å². The number of nitro benzene ring substituents is 1. The third kappa shape index (κ3) is 4.63. The molecule has 0 atom stereocenters. The van der Waals surface area contributed by atoms with Gasteiger partial charge in [0.05, 0.1) is 10.6 Å². The monoisotopic (exact) mass is 328 g/mol. The molecule has 0 fully saturated rings. The lowest BCUT2D eigenvalue weighted by Gasteiger charge is -2.09. The van der Waals surface area contributed by atoms with Crippen molar-refractivity contribution >= 4 is 33.2 Å². The molecule has 1 amide bonds. The summed E-state index contributed by atoms with van der Waals surface area (Å²) in [7, 11) is 0. The lowest BCUT2D eigenvalue weighted by Crippen LogP contribution is -2.12. The Morgan fingerprint density at radius 1 is 1.32 bits per heavy atom. The fourth-order valence-electron chi connectivity index (χ4n) is 1.76. The number of carbonyl (C=O) groups excluding carboxylic acids is 1. The molecule has 0 spiro atoms. The number of benzene rings is 1. The molecule has 0 bridgehead atoms. The van der Waals surface area contributed by atoms with Crippen molar-refractivity contribution in [3.05, 3.63) is 33.4 Å². The smallest absolute Gasteiger partial charge is 0.274 e. The van der Waals surface area contributed by atoms with Gasteiger partial charge < -0.3 is 5.32 Å². The Bertz CT molecular complexity index is 489. The standard InChI is InChI=1S/C13H17BrN2O3/c1-9-7-10(2)12(16(18)19)8-11(9)15-13(17)5-3-4-6-14/h7-8H,3-6H2,1-2H3,(H,15,17). The van der Waals surface area contributed by atoms with Gasteiger partial charge in [-0.15, -0.1) is 0 Å². The molecule has 1 aromatic rings. The molecule has 0 aliphatic rings. The summed E-state index contributed by atoms with van der Waals surface area (Å²) in [4.78, 5) is 22.1. The number of anilines is 1. The van der Waals surface area contributed by atoms with Gasteiger partial charge in [0.15, 0.2) is 0 Å². The number of halogens is 1. The fourth-order valence-corrected chi connectivity index (χ4v) is 2.16. The summed E-state index contributed by atoms with van der Waals surface area (Å²) in [6, 6.07) is 3.14. The molecule has 5 nitrogen and oxygen atoms in total. The van der Waals surface area contributed by atoms with Crippen LogP contribution in [0, 0.1) is 24.0 Å². The van der Waals surface area contributed by atoms with E-state index in [1.807, 2.05) is 6.92 Å². The number of nitrogens with one attached hydrogen (secondary N) is 1. The second-order valence-electron chi connectivity index (χ2n) is 4.40. The van der Waals surface area contributed by atoms with Crippen LogP contribution in [0.2, 0.25) is 0 Å². The van der Waals surface area contributed by atoms with Crippen molar-refractivity contribution in [1.82, 2.24) is 0 Å². The van der Waals surface area contributed by atoms with Crippen molar-refractivity contribution < 1.29 is 9.72 Å². The van der Waals surface area contributed by atoms with E-state index in [1.165, 1.54) is 6.07 Å². The number of amides is 1. The molecule has 0 radical (unpaired) electrons.